The van der Waals surface area contributed by atoms with Gasteiger partial charge < -0.3 is 10.6 Å². The predicted octanol–water partition coefficient (Wildman–Crippen LogP) is 4.53. The summed E-state index contributed by atoms with van der Waals surface area (Å²) in [6.45, 7) is 0.690. The predicted molar refractivity (Wildman–Crippen MR) is 114 cm³/mol. The van der Waals surface area contributed by atoms with E-state index in [-0.39, 0.29) is 22.2 Å². The van der Waals surface area contributed by atoms with E-state index in [0.717, 1.165) is 25.2 Å². The van der Waals surface area contributed by atoms with Crippen molar-refractivity contribution in [3.05, 3.63) is 54.2 Å². The number of hydrogen-bond donors (Lipinski definition) is 2. The summed E-state index contributed by atoms with van der Waals surface area (Å²) in [6, 6.07) is 11.3. The number of halogens is 3. The number of sulfone groups is 1. The van der Waals surface area contributed by atoms with Gasteiger partial charge in [0.25, 0.3) is 0 Å². The Morgan fingerprint density at radius 1 is 1.00 bits per heavy atom. The molecular weight excluding hydrogens is 443 g/mol. The standard InChI is InChI=1S/C21H20F3N5O2S/c1-32(30,31)15-5-2-4-14(10-15)26-19-11-18(25-12-13-8-9-13)28-20(29-19)16-6-3-7-17(27-16)21(22,23)24/h2-7,10-11,13H,8-9,12H2,1H3,(H2,25,26,28,29). The maximum Gasteiger partial charge on any atom is 0.433 e. The van der Waals surface area contributed by atoms with Crippen molar-refractivity contribution in [3.63, 3.8) is 0 Å². The lowest BCUT2D eigenvalue weighted by Crippen LogP contribution is -2.10. The van der Waals surface area contributed by atoms with Gasteiger partial charge in [-0.15, -0.1) is 0 Å². The first-order chi connectivity index (χ1) is 15.1. The van der Waals surface area contributed by atoms with Crippen LogP contribution in [0.4, 0.5) is 30.5 Å². The molecule has 3 aromatic rings. The molecule has 1 aliphatic rings. The number of alkyl halides is 3. The Balaban J connectivity index is 1.70. The Hall–Kier alpha value is -3.21. The lowest BCUT2D eigenvalue weighted by Gasteiger charge is -2.13. The van der Waals surface area contributed by atoms with E-state index in [0.29, 0.717) is 24.0 Å². The quantitative estimate of drug-likeness (QED) is 0.532. The van der Waals surface area contributed by atoms with Gasteiger partial charge in [-0.2, -0.15) is 13.2 Å². The average Bonchev–Trinajstić information content (AvgIpc) is 3.56. The lowest BCUT2D eigenvalue weighted by atomic mass is 10.2. The summed E-state index contributed by atoms with van der Waals surface area (Å²) >= 11 is 0. The van der Waals surface area contributed by atoms with Crippen LogP contribution in [0.2, 0.25) is 0 Å². The van der Waals surface area contributed by atoms with E-state index in [9.17, 15) is 21.6 Å². The van der Waals surface area contributed by atoms with Crippen molar-refractivity contribution in [1.29, 1.82) is 0 Å². The molecule has 0 amide bonds. The van der Waals surface area contributed by atoms with Crippen molar-refractivity contribution in [2.45, 2.75) is 23.9 Å². The average molecular weight is 463 g/mol. The SMILES string of the molecule is CS(=O)(=O)c1cccc(Nc2cc(NCC3CC3)nc(-c3cccc(C(F)(F)F)n3)n2)c1. The summed E-state index contributed by atoms with van der Waals surface area (Å²) < 4.78 is 63.0. The van der Waals surface area contributed by atoms with Crippen molar-refractivity contribution in [2.24, 2.45) is 5.92 Å². The fraction of sp³-hybridized carbons (Fsp3) is 0.286. The van der Waals surface area contributed by atoms with E-state index < -0.39 is 21.7 Å². The van der Waals surface area contributed by atoms with Crippen LogP contribution in [0, 0.1) is 5.92 Å². The van der Waals surface area contributed by atoms with Gasteiger partial charge >= 0.3 is 6.18 Å². The Morgan fingerprint density at radius 2 is 1.72 bits per heavy atom. The van der Waals surface area contributed by atoms with Crippen molar-refractivity contribution < 1.29 is 21.6 Å². The number of hydrogen-bond acceptors (Lipinski definition) is 7. The van der Waals surface area contributed by atoms with Crippen molar-refractivity contribution in [3.8, 4) is 11.5 Å². The molecule has 4 rings (SSSR count). The van der Waals surface area contributed by atoms with Crippen LogP contribution in [-0.4, -0.2) is 36.2 Å². The van der Waals surface area contributed by atoms with Gasteiger partial charge in [-0.1, -0.05) is 12.1 Å². The van der Waals surface area contributed by atoms with E-state index in [1.54, 1.807) is 18.2 Å². The molecule has 1 aliphatic carbocycles. The normalized spacial score (nSPS) is 14.2. The zero-order chi connectivity index (χ0) is 22.9. The molecule has 0 radical (unpaired) electrons. The summed E-state index contributed by atoms with van der Waals surface area (Å²) in [5.74, 6) is 1.28. The van der Waals surface area contributed by atoms with Crippen LogP contribution < -0.4 is 10.6 Å². The highest BCUT2D eigenvalue weighted by atomic mass is 32.2. The number of anilines is 3. The van der Waals surface area contributed by atoms with Crippen LogP contribution >= 0.6 is 0 Å². The topological polar surface area (TPSA) is 96.9 Å². The maximum absolute atomic E-state index is 13.1. The molecule has 0 saturated heterocycles. The molecule has 2 aromatic heterocycles. The first-order valence-electron chi connectivity index (χ1n) is 9.83. The molecule has 168 valence electrons. The zero-order valence-corrected chi connectivity index (χ0v) is 17.8. The van der Waals surface area contributed by atoms with Crippen LogP contribution in [0.1, 0.15) is 18.5 Å². The third kappa shape index (κ3) is 5.52. The monoisotopic (exact) mass is 463 g/mol. The zero-order valence-electron chi connectivity index (χ0n) is 17.0. The van der Waals surface area contributed by atoms with E-state index in [1.807, 2.05) is 0 Å². The van der Waals surface area contributed by atoms with Crippen LogP contribution in [0.3, 0.4) is 0 Å². The van der Waals surface area contributed by atoms with Crippen molar-refractivity contribution in [2.75, 3.05) is 23.4 Å². The summed E-state index contributed by atoms with van der Waals surface area (Å²) in [4.78, 5) is 12.5. The number of rotatable bonds is 7. The van der Waals surface area contributed by atoms with Crippen LogP contribution in [0.15, 0.2) is 53.4 Å². The second-order valence-corrected chi connectivity index (χ2v) is 9.63. The number of benzene rings is 1. The number of nitrogens with one attached hydrogen (secondary N) is 2. The highest BCUT2D eigenvalue weighted by molar-refractivity contribution is 7.90. The first-order valence-corrected chi connectivity index (χ1v) is 11.7. The molecule has 1 saturated carbocycles. The highest BCUT2D eigenvalue weighted by Crippen LogP contribution is 2.31. The summed E-state index contributed by atoms with van der Waals surface area (Å²) in [5.41, 5.74) is -0.601. The smallest absolute Gasteiger partial charge is 0.370 e. The lowest BCUT2D eigenvalue weighted by molar-refractivity contribution is -0.141. The molecule has 0 atom stereocenters. The molecule has 1 aromatic carbocycles. The van der Waals surface area contributed by atoms with Crippen LogP contribution in [0.5, 0.6) is 0 Å². The largest absolute Gasteiger partial charge is 0.433 e. The molecule has 0 unspecified atom stereocenters. The van der Waals surface area contributed by atoms with E-state index >= 15 is 0 Å². The molecule has 32 heavy (non-hydrogen) atoms. The van der Waals surface area contributed by atoms with E-state index in [1.165, 1.54) is 24.3 Å². The molecule has 2 N–H and O–H groups in total. The second-order valence-electron chi connectivity index (χ2n) is 7.62. The van der Waals surface area contributed by atoms with Crippen LogP contribution in [0.25, 0.3) is 11.5 Å². The molecule has 1 fully saturated rings. The van der Waals surface area contributed by atoms with E-state index in [2.05, 4.69) is 25.6 Å². The molecule has 0 aliphatic heterocycles. The third-order valence-electron chi connectivity index (χ3n) is 4.80. The minimum Gasteiger partial charge on any atom is -0.370 e. The minimum atomic E-state index is -4.59. The van der Waals surface area contributed by atoms with Crippen LogP contribution in [-0.2, 0) is 16.0 Å². The van der Waals surface area contributed by atoms with Gasteiger partial charge in [0.15, 0.2) is 15.7 Å². The third-order valence-corrected chi connectivity index (χ3v) is 5.91. The minimum absolute atomic E-state index is 0.0127. The second kappa shape index (κ2) is 8.38. The van der Waals surface area contributed by atoms with Gasteiger partial charge in [0.1, 0.15) is 23.0 Å². The van der Waals surface area contributed by atoms with Crippen molar-refractivity contribution in [1.82, 2.24) is 15.0 Å². The molecule has 7 nitrogen and oxygen atoms in total. The van der Waals surface area contributed by atoms with Gasteiger partial charge in [0.2, 0.25) is 0 Å². The Bertz CT molecular complexity index is 1240. The first kappa shape index (κ1) is 22.0. The Labute approximate surface area is 183 Å². The molecular formula is C21H20F3N5O2S. The Kier molecular flexibility index (Phi) is 5.76. The summed E-state index contributed by atoms with van der Waals surface area (Å²) in [5, 5.41) is 6.20. The fourth-order valence-corrected chi connectivity index (χ4v) is 3.62. The molecule has 2 heterocycles. The highest BCUT2D eigenvalue weighted by Gasteiger charge is 2.32. The van der Waals surface area contributed by atoms with Gasteiger partial charge in [-0.05, 0) is 49.1 Å². The molecule has 11 heteroatoms. The Morgan fingerprint density at radius 3 is 2.41 bits per heavy atom. The fourth-order valence-electron chi connectivity index (χ4n) is 2.96. The summed E-state index contributed by atoms with van der Waals surface area (Å²) in [7, 11) is -3.41. The number of aromatic nitrogens is 3. The maximum atomic E-state index is 13.1. The van der Waals surface area contributed by atoms with Gasteiger partial charge in [0.05, 0.1) is 4.90 Å². The molecule has 0 spiro atoms. The van der Waals surface area contributed by atoms with Crippen molar-refractivity contribution >= 4 is 27.2 Å². The number of pyridine rings is 1. The van der Waals surface area contributed by atoms with Gasteiger partial charge in [-0.25, -0.2) is 23.4 Å². The summed E-state index contributed by atoms with van der Waals surface area (Å²) in [6.07, 6.45) is -1.26. The van der Waals surface area contributed by atoms with Gasteiger partial charge in [0, 0.05) is 24.6 Å². The number of nitrogens with zero attached hydrogens (tertiary/aromatic N) is 3. The van der Waals surface area contributed by atoms with E-state index in [4.69, 9.17) is 0 Å². The molecule has 0 bridgehead atoms. The van der Waals surface area contributed by atoms with Gasteiger partial charge in [-0.3, -0.25) is 0 Å².